The Hall–Kier alpha value is -2.44. The van der Waals surface area contributed by atoms with Crippen LogP contribution in [-0.4, -0.2) is 12.2 Å². The third kappa shape index (κ3) is 3.01. The summed E-state index contributed by atoms with van der Waals surface area (Å²) in [6.07, 6.45) is 0. The van der Waals surface area contributed by atoms with Gasteiger partial charge in [-0.3, -0.25) is 0 Å². The second-order valence-corrected chi connectivity index (χ2v) is 4.19. The molecule has 112 valence electrons. The van der Waals surface area contributed by atoms with E-state index in [2.05, 4.69) is 5.32 Å². The van der Waals surface area contributed by atoms with Crippen LogP contribution in [0.2, 0.25) is 0 Å². The Morgan fingerprint density at radius 3 is 2.19 bits per heavy atom. The Morgan fingerprint density at radius 1 is 1.05 bits per heavy atom. The average molecular weight is 301 g/mol. The quantitative estimate of drug-likeness (QED) is 0.670. The minimum atomic E-state index is -1.53. The first-order valence-corrected chi connectivity index (χ1v) is 5.86. The fraction of sp³-hybridized carbons (Fsp3) is 0.143. The molecule has 3 nitrogen and oxygen atoms in total. The topological polar surface area (TPSA) is 41.5 Å². The van der Waals surface area contributed by atoms with E-state index in [9.17, 15) is 22.7 Å². The molecule has 2 aromatic rings. The Morgan fingerprint density at radius 2 is 1.67 bits per heavy atom. The number of aromatic hydroxyl groups is 1. The molecule has 0 aliphatic carbocycles. The van der Waals surface area contributed by atoms with Gasteiger partial charge in [0, 0.05) is 24.2 Å². The number of methoxy groups -OCH3 is 1. The molecule has 0 saturated heterocycles. The van der Waals surface area contributed by atoms with Crippen molar-refractivity contribution in [3.63, 3.8) is 0 Å². The van der Waals surface area contributed by atoms with Gasteiger partial charge in [-0.05, 0) is 12.1 Å². The van der Waals surface area contributed by atoms with E-state index in [1.807, 2.05) is 0 Å². The predicted octanol–water partition coefficient (Wildman–Crippen LogP) is 3.57. The highest BCUT2D eigenvalue weighted by molar-refractivity contribution is 5.49. The number of anilines is 1. The van der Waals surface area contributed by atoms with Gasteiger partial charge in [-0.15, -0.1) is 0 Å². The highest BCUT2D eigenvalue weighted by Crippen LogP contribution is 2.27. The van der Waals surface area contributed by atoms with Crippen molar-refractivity contribution < 1.29 is 27.4 Å². The first-order chi connectivity index (χ1) is 9.93. The smallest absolute Gasteiger partial charge is 0.185 e. The monoisotopic (exact) mass is 301 g/mol. The van der Waals surface area contributed by atoms with Gasteiger partial charge in [0.05, 0.1) is 7.11 Å². The van der Waals surface area contributed by atoms with Crippen molar-refractivity contribution >= 4 is 5.69 Å². The van der Waals surface area contributed by atoms with E-state index in [1.165, 1.54) is 25.3 Å². The summed E-state index contributed by atoms with van der Waals surface area (Å²) in [6.45, 7) is -0.230. The Labute approximate surface area is 117 Å². The van der Waals surface area contributed by atoms with E-state index in [4.69, 9.17) is 4.74 Å². The Kier molecular flexibility index (Phi) is 4.21. The van der Waals surface area contributed by atoms with Gasteiger partial charge in [-0.25, -0.2) is 17.6 Å². The molecular formula is C14H11F4NO2. The molecule has 0 aliphatic heterocycles. The number of phenolic OH excluding ortho intramolecular Hbond substituents is 1. The lowest BCUT2D eigenvalue weighted by Crippen LogP contribution is -2.07. The van der Waals surface area contributed by atoms with E-state index in [1.54, 1.807) is 0 Å². The molecule has 0 aliphatic rings. The van der Waals surface area contributed by atoms with Crippen LogP contribution in [0.1, 0.15) is 5.56 Å². The number of halogens is 4. The maximum absolute atomic E-state index is 13.4. The number of nitrogens with one attached hydrogen (secondary N) is 1. The van der Waals surface area contributed by atoms with Crippen LogP contribution in [0.3, 0.4) is 0 Å². The van der Waals surface area contributed by atoms with Crippen molar-refractivity contribution in [1.29, 1.82) is 0 Å². The molecule has 21 heavy (non-hydrogen) atoms. The van der Waals surface area contributed by atoms with E-state index in [0.717, 1.165) is 0 Å². The predicted molar refractivity (Wildman–Crippen MR) is 68.3 cm³/mol. The van der Waals surface area contributed by atoms with Gasteiger partial charge in [0.1, 0.15) is 17.2 Å². The summed E-state index contributed by atoms with van der Waals surface area (Å²) in [7, 11) is 1.41. The highest BCUT2D eigenvalue weighted by Gasteiger charge is 2.19. The third-order valence-corrected chi connectivity index (χ3v) is 2.86. The van der Waals surface area contributed by atoms with Crippen LogP contribution in [0, 0.1) is 23.3 Å². The number of ether oxygens (including phenoxy) is 1. The zero-order valence-electron chi connectivity index (χ0n) is 10.9. The molecule has 2 aromatic carbocycles. The van der Waals surface area contributed by atoms with Crippen LogP contribution in [0.15, 0.2) is 24.3 Å². The average Bonchev–Trinajstić information content (AvgIpc) is 2.46. The van der Waals surface area contributed by atoms with E-state index in [0.29, 0.717) is 5.75 Å². The highest BCUT2D eigenvalue weighted by atomic mass is 19.2. The molecule has 0 spiro atoms. The molecule has 0 bridgehead atoms. The number of hydrogen-bond acceptors (Lipinski definition) is 3. The van der Waals surface area contributed by atoms with Gasteiger partial charge in [-0.1, -0.05) is 0 Å². The largest absolute Gasteiger partial charge is 0.507 e. The van der Waals surface area contributed by atoms with Crippen LogP contribution in [-0.2, 0) is 6.54 Å². The minimum absolute atomic E-state index is 0.126. The van der Waals surface area contributed by atoms with Crippen LogP contribution < -0.4 is 10.1 Å². The van der Waals surface area contributed by atoms with Crippen molar-refractivity contribution in [2.24, 2.45) is 0 Å². The fourth-order valence-electron chi connectivity index (χ4n) is 1.73. The molecule has 0 radical (unpaired) electrons. The van der Waals surface area contributed by atoms with Crippen molar-refractivity contribution in [2.45, 2.75) is 6.54 Å². The van der Waals surface area contributed by atoms with Crippen LogP contribution >= 0.6 is 0 Å². The number of rotatable bonds is 4. The fourth-order valence-corrected chi connectivity index (χ4v) is 1.73. The van der Waals surface area contributed by atoms with E-state index in [-0.39, 0.29) is 23.9 Å². The second-order valence-electron chi connectivity index (χ2n) is 4.19. The molecule has 2 rings (SSSR count). The SMILES string of the molecule is COc1ccc(CNc2c(F)c(F)cc(F)c2F)c(O)c1. The Balaban J connectivity index is 2.25. The molecule has 0 unspecified atom stereocenters. The lowest BCUT2D eigenvalue weighted by Gasteiger charge is -2.11. The maximum atomic E-state index is 13.4. The molecule has 0 saturated carbocycles. The van der Waals surface area contributed by atoms with Crippen molar-refractivity contribution in [3.8, 4) is 11.5 Å². The summed E-state index contributed by atoms with van der Waals surface area (Å²) in [5.74, 6) is -5.85. The van der Waals surface area contributed by atoms with E-state index < -0.39 is 29.0 Å². The molecule has 2 N–H and O–H groups in total. The summed E-state index contributed by atoms with van der Waals surface area (Å²) in [5.41, 5.74) is -0.651. The summed E-state index contributed by atoms with van der Waals surface area (Å²) in [5, 5.41) is 11.9. The van der Waals surface area contributed by atoms with Gasteiger partial charge in [0.2, 0.25) is 0 Å². The summed E-state index contributed by atoms with van der Waals surface area (Å²) >= 11 is 0. The van der Waals surface area contributed by atoms with Crippen LogP contribution in [0.25, 0.3) is 0 Å². The first kappa shape index (κ1) is 15.0. The third-order valence-electron chi connectivity index (χ3n) is 2.86. The van der Waals surface area contributed by atoms with Gasteiger partial charge < -0.3 is 15.2 Å². The number of benzene rings is 2. The van der Waals surface area contributed by atoms with Gasteiger partial charge in [0.15, 0.2) is 23.3 Å². The maximum Gasteiger partial charge on any atom is 0.185 e. The molecule has 0 atom stereocenters. The second kappa shape index (κ2) is 5.90. The molecule has 0 aromatic heterocycles. The van der Waals surface area contributed by atoms with Gasteiger partial charge >= 0.3 is 0 Å². The van der Waals surface area contributed by atoms with Crippen molar-refractivity contribution in [2.75, 3.05) is 12.4 Å². The Bertz CT molecular complexity index is 650. The number of hydrogen-bond donors (Lipinski definition) is 2. The zero-order chi connectivity index (χ0) is 15.6. The van der Waals surface area contributed by atoms with Crippen molar-refractivity contribution in [3.05, 3.63) is 53.1 Å². The molecule has 0 fully saturated rings. The normalized spacial score (nSPS) is 10.5. The van der Waals surface area contributed by atoms with Gasteiger partial charge in [-0.2, -0.15) is 0 Å². The summed E-state index contributed by atoms with van der Waals surface area (Å²) in [6, 6.07) is 4.40. The standard InChI is InChI=1S/C14H11F4NO2/c1-21-8-3-2-7(11(20)4-8)6-19-14-12(17)9(15)5-10(16)13(14)18/h2-5,19-20H,6H2,1H3. The molecule has 7 heteroatoms. The van der Waals surface area contributed by atoms with Crippen molar-refractivity contribution in [1.82, 2.24) is 0 Å². The van der Waals surface area contributed by atoms with Crippen LogP contribution in [0.4, 0.5) is 23.2 Å². The lowest BCUT2D eigenvalue weighted by atomic mass is 10.2. The summed E-state index contributed by atoms with van der Waals surface area (Å²) in [4.78, 5) is 0. The van der Waals surface area contributed by atoms with E-state index >= 15 is 0 Å². The first-order valence-electron chi connectivity index (χ1n) is 5.86. The van der Waals surface area contributed by atoms with Gasteiger partial charge in [0.25, 0.3) is 0 Å². The molecule has 0 amide bonds. The molecular weight excluding hydrogens is 290 g/mol. The minimum Gasteiger partial charge on any atom is -0.507 e. The zero-order valence-corrected chi connectivity index (χ0v) is 10.9. The summed E-state index contributed by atoms with van der Waals surface area (Å²) < 4.78 is 57.8. The van der Waals surface area contributed by atoms with Crippen LogP contribution in [0.5, 0.6) is 11.5 Å². The molecule has 0 heterocycles. The lowest BCUT2D eigenvalue weighted by molar-refractivity contribution is 0.406. The number of phenols is 1.